The van der Waals surface area contributed by atoms with Crippen LogP contribution in [0.4, 0.5) is 0 Å². The number of nitrogens with two attached hydrogens (primary N) is 1. The highest BCUT2D eigenvalue weighted by molar-refractivity contribution is 9.10. The molecular formula is C12H9BrClN3O2. The summed E-state index contributed by atoms with van der Waals surface area (Å²) in [5.74, 6) is 0.558. The van der Waals surface area contributed by atoms with Gasteiger partial charge in [-0.3, -0.25) is 0 Å². The summed E-state index contributed by atoms with van der Waals surface area (Å²) in [7, 11) is 0. The molecule has 1 unspecified atom stereocenters. The van der Waals surface area contributed by atoms with Gasteiger partial charge in [0.25, 0.3) is 0 Å². The van der Waals surface area contributed by atoms with E-state index >= 15 is 0 Å². The van der Waals surface area contributed by atoms with Crippen molar-refractivity contribution < 1.29 is 4.42 Å². The van der Waals surface area contributed by atoms with Crippen molar-refractivity contribution in [2.45, 2.75) is 6.04 Å². The third kappa shape index (κ3) is 2.22. The average Bonchev–Trinajstić information content (AvgIpc) is 2.92. The van der Waals surface area contributed by atoms with Gasteiger partial charge in [-0.1, -0.05) is 15.9 Å². The number of aromatic nitrogens is 2. The molecule has 0 radical (unpaired) electrons. The lowest BCUT2D eigenvalue weighted by Crippen LogP contribution is -2.11. The van der Waals surface area contributed by atoms with Crippen LogP contribution < -0.4 is 11.4 Å². The Morgan fingerprint density at radius 2 is 1.95 bits per heavy atom. The molecule has 0 aliphatic carbocycles. The second-order valence-electron chi connectivity index (χ2n) is 4.12. The lowest BCUT2D eigenvalue weighted by molar-refractivity contribution is 0.491. The Kier molecular flexibility index (Phi) is 3.00. The summed E-state index contributed by atoms with van der Waals surface area (Å²) in [5, 5.41) is 0.290. The molecule has 0 spiro atoms. The van der Waals surface area contributed by atoms with Crippen LogP contribution >= 0.6 is 27.5 Å². The van der Waals surface area contributed by atoms with E-state index in [2.05, 4.69) is 25.9 Å². The molecule has 0 aliphatic heterocycles. The molecule has 5 nitrogen and oxygen atoms in total. The fourth-order valence-electron chi connectivity index (χ4n) is 1.96. The molecule has 0 saturated carbocycles. The van der Waals surface area contributed by atoms with E-state index in [4.69, 9.17) is 21.8 Å². The lowest BCUT2D eigenvalue weighted by Gasteiger charge is -2.11. The van der Waals surface area contributed by atoms with Crippen LogP contribution in [0.25, 0.3) is 11.0 Å². The predicted molar refractivity (Wildman–Crippen MR) is 76.4 cm³/mol. The molecule has 3 aromatic rings. The number of nitrogens with one attached hydrogen (secondary N) is 2. The Hall–Kier alpha value is -1.50. The van der Waals surface area contributed by atoms with Crippen LogP contribution in [0.15, 0.2) is 37.9 Å². The predicted octanol–water partition coefficient (Wildman–Crippen LogP) is 2.91. The molecule has 3 rings (SSSR count). The first kappa shape index (κ1) is 12.5. The zero-order chi connectivity index (χ0) is 13.6. The highest BCUT2D eigenvalue weighted by atomic mass is 79.9. The van der Waals surface area contributed by atoms with Crippen LogP contribution in [-0.2, 0) is 0 Å². The fourth-order valence-corrected chi connectivity index (χ4v) is 2.70. The van der Waals surface area contributed by atoms with Crippen molar-refractivity contribution in [1.29, 1.82) is 0 Å². The number of H-pyrrole nitrogens is 2. The standard InChI is InChI=1S/C12H9BrClN3O2/c13-6-4-8-7(16-12(18)17-8)3-5(6)11(15)9-1-2-10(14)19-9/h1-4,11H,15H2,(H2,16,17,18). The van der Waals surface area contributed by atoms with E-state index in [9.17, 15) is 4.79 Å². The summed E-state index contributed by atoms with van der Waals surface area (Å²) in [6, 6.07) is 6.50. The Balaban J connectivity index is 2.13. The molecule has 4 N–H and O–H groups in total. The van der Waals surface area contributed by atoms with Gasteiger partial charge < -0.3 is 20.1 Å². The summed E-state index contributed by atoms with van der Waals surface area (Å²) in [6.07, 6.45) is 0. The van der Waals surface area contributed by atoms with E-state index in [1.165, 1.54) is 0 Å². The van der Waals surface area contributed by atoms with E-state index in [-0.39, 0.29) is 10.9 Å². The van der Waals surface area contributed by atoms with Crippen LogP contribution in [0.1, 0.15) is 17.4 Å². The molecule has 0 amide bonds. The first-order valence-corrected chi connectivity index (χ1v) is 6.64. The van der Waals surface area contributed by atoms with Crippen LogP contribution in [0, 0.1) is 0 Å². The minimum atomic E-state index is -0.468. The first-order valence-electron chi connectivity index (χ1n) is 5.47. The van der Waals surface area contributed by atoms with Crippen molar-refractivity contribution in [3.05, 3.63) is 55.8 Å². The number of rotatable bonds is 2. The fraction of sp³-hybridized carbons (Fsp3) is 0.0833. The number of aromatic amines is 2. The van der Waals surface area contributed by atoms with E-state index in [0.717, 1.165) is 10.0 Å². The first-order chi connectivity index (χ1) is 9.04. The van der Waals surface area contributed by atoms with Gasteiger partial charge in [0.05, 0.1) is 17.1 Å². The van der Waals surface area contributed by atoms with Crippen molar-refractivity contribution in [2.75, 3.05) is 0 Å². The topological polar surface area (TPSA) is 87.8 Å². The van der Waals surface area contributed by atoms with E-state index in [0.29, 0.717) is 16.8 Å². The summed E-state index contributed by atoms with van der Waals surface area (Å²) in [4.78, 5) is 16.6. The van der Waals surface area contributed by atoms with Crippen molar-refractivity contribution in [3.63, 3.8) is 0 Å². The van der Waals surface area contributed by atoms with E-state index in [1.54, 1.807) is 24.3 Å². The molecule has 19 heavy (non-hydrogen) atoms. The Labute approximate surface area is 120 Å². The number of hydrogen-bond donors (Lipinski definition) is 3. The van der Waals surface area contributed by atoms with Crippen LogP contribution in [-0.4, -0.2) is 9.97 Å². The second-order valence-corrected chi connectivity index (χ2v) is 5.34. The summed E-state index contributed by atoms with van der Waals surface area (Å²) < 4.78 is 6.10. The average molecular weight is 343 g/mol. The Bertz CT molecular complexity index is 805. The number of fused-ring (bicyclic) bond motifs is 1. The molecule has 1 atom stereocenters. The molecule has 0 fully saturated rings. The molecule has 7 heteroatoms. The summed E-state index contributed by atoms with van der Waals surface area (Å²) >= 11 is 9.18. The Morgan fingerprint density at radius 3 is 2.58 bits per heavy atom. The van der Waals surface area contributed by atoms with Crippen molar-refractivity contribution in [1.82, 2.24) is 9.97 Å². The van der Waals surface area contributed by atoms with Crippen LogP contribution in [0.5, 0.6) is 0 Å². The van der Waals surface area contributed by atoms with Crippen molar-refractivity contribution >= 4 is 38.6 Å². The highest BCUT2D eigenvalue weighted by Crippen LogP contribution is 2.31. The van der Waals surface area contributed by atoms with Crippen molar-refractivity contribution in [3.8, 4) is 0 Å². The zero-order valence-corrected chi connectivity index (χ0v) is 11.9. The molecule has 0 aliphatic rings. The SMILES string of the molecule is NC(c1ccc(Cl)o1)c1cc2[nH]c(=O)[nH]c2cc1Br. The minimum absolute atomic E-state index is 0.256. The zero-order valence-electron chi connectivity index (χ0n) is 9.54. The minimum Gasteiger partial charge on any atom is -0.448 e. The van der Waals surface area contributed by atoms with E-state index < -0.39 is 6.04 Å². The largest absolute Gasteiger partial charge is 0.448 e. The Morgan fingerprint density at radius 1 is 1.26 bits per heavy atom. The van der Waals surface area contributed by atoms with Gasteiger partial charge in [-0.05, 0) is 41.4 Å². The van der Waals surface area contributed by atoms with Gasteiger partial charge in [-0.2, -0.15) is 0 Å². The van der Waals surface area contributed by atoms with Gasteiger partial charge in [-0.25, -0.2) is 4.79 Å². The number of benzene rings is 1. The van der Waals surface area contributed by atoms with E-state index in [1.807, 2.05) is 0 Å². The second kappa shape index (κ2) is 4.56. The van der Waals surface area contributed by atoms with Gasteiger partial charge in [0, 0.05) is 4.47 Å². The molecule has 0 bridgehead atoms. The van der Waals surface area contributed by atoms with Gasteiger partial charge in [0.15, 0.2) is 5.22 Å². The van der Waals surface area contributed by atoms with Gasteiger partial charge in [0.1, 0.15) is 5.76 Å². The monoisotopic (exact) mass is 341 g/mol. The van der Waals surface area contributed by atoms with Crippen LogP contribution in [0.3, 0.4) is 0 Å². The normalized spacial score (nSPS) is 13.0. The quantitative estimate of drug-likeness (QED) is 0.669. The van der Waals surface area contributed by atoms with Gasteiger partial charge in [0.2, 0.25) is 0 Å². The highest BCUT2D eigenvalue weighted by Gasteiger charge is 2.17. The number of furan rings is 1. The third-order valence-electron chi connectivity index (χ3n) is 2.87. The number of halogens is 2. The smallest absolute Gasteiger partial charge is 0.323 e. The summed E-state index contributed by atoms with van der Waals surface area (Å²) in [5.41, 5.74) is 8.09. The molecule has 2 heterocycles. The lowest BCUT2D eigenvalue weighted by atomic mass is 10.0. The molecular weight excluding hydrogens is 334 g/mol. The molecule has 2 aromatic heterocycles. The summed E-state index contributed by atoms with van der Waals surface area (Å²) in [6.45, 7) is 0. The molecule has 1 aromatic carbocycles. The maximum absolute atomic E-state index is 11.3. The molecule has 0 saturated heterocycles. The van der Waals surface area contributed by atoms with Gasteiger partial charge >= 0.3 is 5.69 Å². The number of hydrogen-bond acceptors (Lipinski definition) is 3. The maximum atomic E-state index is 11.3. The van der Waals surface area contributed by atoms with Crippen molar-refractivity contribution in [2.24, 2.45) is 5.73 Å². The maximum Gasteiger partial charge on any atom is 0.323 e. The van der Waals surface area contributed by atoms with Crippen LogP contribution in [0.2, 0.25) is 5.22 Å². The number of imidazole rings is 1. The van der Waals surface area contributed by atoms with Gasteiger partial charge in [-0.15, -0.1) is 0 Å². The molecule has 98 valence electrons. The third-order valence-corrected chi connectivity index (χ3v) is 3.76.